The quantitative estimate of drug-likeness (QED) is 0.652. The number of methoxy groups -OCH3 is 1. The number of benzene rings is 1. The second-order valence-electron chi connectivity index (χ2n) is 6.47. The van der Waals surface area contributed by atoms with Crippen molar-refractivity contribution in [2.45, 2.75) is 25.3 Å². The van der Waals surface area contributed by atoms with Gasteiger partial charge in [0.2, 0.25) is 0 Å². The molecule has 0 radical (unpaired) electrons. The molecule has 1 atom stereocenters. The molecule has 2 N–H and O–H groups in total. The normalized spacial score (nSPS) is 18.9. The summed E-state index contributed by atoms with van der Waals surface area (Å²) in [4.78, 5) is 25.9. The van der Waals surface area contributed by atoms with Crippen molar-refractivity contribution in [2.75, 3.05) is 25.2 Å². The number of anilines is 1. The number of aliphatic hydroxyl groups is 1. The molecule has 1 aliphatic rings. The zero-order chi connectivity index (χ0) is 21.0. The summed E-state index contributed by atoms with van der Waals surface area (Å²) in [6, 6.07) is 3.81. The van der Waals surface area contributed by atoms with Crippen molar-refractivity contribution in [1.82, 2.24) is 15.1 Å². The Kier molecular flexibility index (Phi) is 6.36. The zero-order valence-electron chi connectivity index (χ0n) is 15.6. The molecule has 3 rings (SSSR count). The first-order valence-electron chi connectivity index (χ1n) is 8.78. The van der Waals surface area contributed by atoms with E-state index in [2.05, 4.69) is 10.4 Å². The number of hydrogen-bond acceptors (Lipinski definition) is 6. The lowest BCUT2D eigenvalue weighted by Gasteiger charge is -2.21. The molecular weight excluding hydrogens is 407 g/mol. The molecule has 0 spiro atoms. The molecule has 9 nitrogen and oxygen atoms in total. The van der Waals surface area contributed by atoms with Gasteiger partial charge in [0.15, 0.2) is 0 Å². The van der Waals surface area contributed by atoms with E-state index in [-0.39, 0.29) is 24.5 Å². The van der Waals surface area contributed by atoms with Crippen LogP contribution in [0.3, 0.4) is 0 Å². The standard InChI is InChI=1S/C18H20ClFN4O5/c1-28-5-4-23-11-15(10-22-23)24-3-2-18(27,16(24)25)29-17(26)21-9-12-6-13(19)8-14(20)7-12/h6-8,10-11,27H,2-5,9H2,1H3,(H,21,26)/t18-/m1/s1. The minimum absolute atomic E-state index is 0.0867. The van der Waals surface area contributed by atoms with Gasteiger partial charge in [-0.15, -0.1) is 0 Å². The lowest BCUT2D eigenvalue weighted by Crippen LogP contribution is -2.46. The zero-order valence-corrected chi connectivity index (χ0v) is 16.4. The Hall–Kier alpha value is -2.69. The number of nitrogens with zero attached hydrogens (tertiary/aromatic N) is 3. The van der Waals surface area contributed by atoms with E-state index in [0.29, 0.717) is 24.4 Å². The van der Waals surface area contributed by atoms with Gasteiger partial charge in [0.25, 0.3) is 11.7 Å². The average Bonchev–Trinajstić information content (AvgIpc) is 3.23. The fraction of sp³-hybridized carbons (Fsp3) is 0.389. The second kappa shape index (κ2) is 8.76. The topological polar surface area (TPSA) is 106 Å². The molecule has 2 aromatic rings. The van der Waals surface area contributed by atoms with E-state index in [1.165, 1.54) is 23.2 Å². The van der Waals surface area contributed by atoms with Crippen LogP contribution in [0, 0.1) is 5.82 Å². The van der Waals surface area contributed by atoms with Gasteiger partial charge in [-0.1, -0.05) is 11.6 Å². The Morgan fingerprint density at radius 2 is 2.24 bits per heavy atom. The highest BCUT2D eigenvalue weighted by atomic mass is 35.5. The van der Waals surface area contributed by atoms with Crippen LogP contribution in [-0.2, 0) is 27.4 Å². The van der Waals surface area contributed by atoms with Gasteiger partial charge in [-0.2, -0.15) is 5.10 Å². The SMILES string of the molecule is COCCn1cc(N2CC[C@@](O)(OC(=O)NCc3cc(F)cc(Cl)c3)C2=O)cn1. The van der Waals surface area contributed by atoms with Gasteiger partial charge < -0.3 is 24.8 Å². The minimum atomic E-state index is -2.29. The molecule has 1 fully saturated rings. The highest BCUT2D eigenvalue weighted by molar-refractivity contribution is 6.30. The number of carbonyl (C=O) groups excluding carboxylic acids is 2. The first-order valence-corrected chi connectivity index (χ1v) is 9.16. The maximum Gasteiger partial charge on any atom is 0.410 e. The molecule has 2 amide bonds. The smallest absolute Gasteiger partial charge is 0.407 e. The van der Waals surface area contributed by atoms with E-state index in [1.807, 2.05) is 0 Å². The molecule has 1 aromatic heterocycles. The largest absolute Gasteiger partial charge is 0.410 e. The Bertz CT molecular complexity index is 888. The van der Waals surface area contributed by atoms with Crippen LogP contribution in [0.25, 0.3) is 0 Å². The number of ether oxygens (including phenoxy) is 2. The van der Waals surface area contributed by atoms with Crippen molar-refractivity contribution in [1.29, 1.82) is 0 Å². The summed E-state index contributed by atoms with van der Waals surface area (Å²) in [6.07, 6.45) is 2.00. The summed E-state index contributed by atoms with van der Waals surface area (Å²) in [5, 5.41) is 17.2. The first-order chi connectivity index (χ1) is 13.8. The van der Waals surface area contributed by atoms with E-state index in [9.17, 15) is 19.1 Å². The molecule has 0 saturated carbocycles. The summed E-state index contributed by atoms with van der Waals surface area (Å²) in [5.41, 5.74) is 0.877. The Morgan fingerprint density at radius 3 is 2.97 bits per heavy atom. The molecule has 1 aliphatic heterocycles. The number of amides is 2. The third-order valence-corrected chi connectivity index (χ3v) is 4.55. The monoisotopic (exact) mass is 426 g/mol. The van der Waals surface area contributed by atoms with E-state index >= 15 is 0 Å². The van der Waals surface area contributed by atoms with Gasteiger partial charge >= 0.3 is 6.09 Å². The maximum atomic E-state index is 13.3. The highest BCUT2D eigenvalue weighted by Crippen LogP contribution is 2.29. The first kappa shape index (κ1) is 21.0. The summed E-state index contributed by atoms with van der Waals surface area (Å²) >= 11 is 5.76. The molecule has 0 aliphatic carbocycles. The van der Waals surface area contributed by atoms with Crippen LogP contribution in [-0.4, -0.2) is 52.9 Å². The molecule has 1 aromatic carbocycles. The number of hydrogen-bond donors (Lipinski definition) is 2. The van der Waals surface area contributed by atoms with Crippen LogP contribution < -0.4 is 10.2 Å². The fourth-order valence-electron chi connectivity index (χ4n) is 2.90. The molecular formula is C18H20ClFN4O5. The number of carbonyl (C=O) groups is 2. The number of halogens is 2. The van der Waals surface area contributed by atoms with Crippen LogP contribution in [0.5, 0.6) is 0 Å². The van der Waals surface area contributed by atoms with E-state index in [4.69, 9.17) is 21.1 Å². The number of alkyl carbamates (subject to hydrolysis) is 1. The van der Waals surface area contributed by atoms with Crippen molar-refractivity contribution < 1.29 is 28.6 Å². The lowest BCUT2D eigenvalue weighted by molar-refractivity contribution is -0.175. The van der Waals surface area contributed by atoms with Gasteiger partial charge in [-0.05, 0) is 23.8 Å². The third-order valence-electron chi connectivity index (χ3n) is 4.33. The van der Waals surface area contributed by atoms with Gasteiger partial charge in [0, 0.05) is 37.8 Å². The van der Waals surface area contributed by atoms with Crippen LogP contribution >= 0.6 is 11.6 Å². The Morgan fingerprint density at radius 1 is 1.45 bits per heavy atom. The van der Waals surface area contributed by atoms with Gasteiger partial charge in [-0.3, -0.25) is 9.48 Å². The predicted molar refractivity (Wildman–Crippen MR) is 101 cm³/mol. The third kappa shape index (κ3) is 5.03. The summed E-state index contributed by atoms with van der Waals surface area (Å²) in [7, 11) is 1.57. The van der Waals surface area contributed by atoms with Crippen molar-refractivity contribution in [3.63, 3.8) is 0 Å². The number of nitrogens with one attached hydrogen (secondary N) is 1. The van der Waals surface area contributed by atoms with Crippen molar-refractivity contribution in [2.24, 2.45) is 0 Å². The summed E-state index contributed by atoms with van der Waals surface area (Å²) < 4.78 is 24.9. The van der Waals surface area contributed by atoms with Gasteiger partial charge in [0.1, 0.15) is 5.82 Å². The van der Waals surface area contributed by atoms with Crippen LogP contribution in [0.1, 0.15) is 12.0 Å². The molecule has 2 heterocycles. The molecule has 29 heavy (non-hydrogen) atoms. The van der Waals surface area contributed by atoms with E-state index in [0.717, 1.165) is 6.07 Å². The van der Waals surface area contributed by atoms with Crippen LogP contribution in [0.2, 0.25) is 5.02 Å². The Balaban J connectivity index is 1.58. The van der Waals surface area contributed by atoms with Crippen molar-refractivity contribution >= 4 is 29.3 Å². The summed E-state index contributed by atoms with van der Waals surface area (Å²) in [6.45, 7) is 1.03. The molecule has 0 bridgehead atoms. The number of aromatic nitrogens is 2. The number of rotatable bonds is 7. The predicted octanol–water partition coefficient (Wildman–Crippen LogP) is 1.67. The second-order valence-corrected chi connectivity index (χ2v) is 6.90. The average molecular weight is 427 g/mol. The highest BCUT2D eigenvalue weighted by Gasteiger charge is 2.49. The molecule has 1 saturated heterocycles. The summed E-state index contributed by atoms with van der Waals surface area (Å²) in [5.74, 6) is -3.61. The fourth-order valence-corrected chi connectivity index (χ4v) is 3.14. The molecule has 11 heteroatoms. The van der Waals surface area contributed by atoms with Crippen LogP contribution in [0.4, 0.5) is 14.9 Å². The van der Waals surface area contributed by atoms with E-state index in [1.54, 1.807) is 18.0 Å². The molecule has 156 valence electrons. The van der Waals surface area contributed by atoms with Gasteiger partial charge in [-0.25, -0.2) is 9.18 Å². The van der Waals surface area contributed by atoms with Crippen molar-refractivity contribution in [3.05, 3.63) is 47.0 Å². The maximum absolute atomic E-state index is 13.3. The molecule has 0 unspecified atom stereocenters. The van der Waals surface area contributed by atoms with Crippen LogP contribution in [0.15, 0.2) is 30.6 Å². The Labute approximate surface area is 170 Å². The van der Waals surface area contributed by atoms with E-state index < -0.39 is 23.6 Å². The minimum Gasteiger partial charge on any atom is -0.407 e. The van der Waals surface area contributed by atoms with Crippen molar-refractivity contribution in [3.8, 4) is 0 Å². The van der Waals surface area contributed by atoms with Gasteiger partial charge in [0.05, 0.1) is 25.0 Å². The lowest BCUT2D eigenvalue weighted by atomic mass is 10.2.